The summed E-state index contributed by atoms with van der Waals surface area (Å²) in [6.07, 6.45) is -0.679. The van der Waals surface area contributed by atoms with Gasteiger partial charge in [0.15, 0.2) is 0 Å². The summed E-state index contributed by atoms with van der Waals surface area (Å²) in [7, 11) is 0. The van der Waals surface area contributed by atoms with Crippen LogP contribution in [-0.2, 0) is 20.9 Å². The van der Waals surface area contributed by atoms with E-state index in [0.29, 0.717) is 6.54 Å². The maximum absolute atomic E-state index is 13.5. The number of amides is 3. The van der Waals surface area contributed by atoms with Gasteiger partial charge in [0.1, 0.15) is 18.2 Å². The molecule has 0 radical (unpaired) electrons. The summed E-state index contributed by atoms with van der Waals surface area (Å²) in [6, 6.07) is 14.2. The molecule has 0 aliphatic carbocycles. The molecule has 0 aliphatic rings. The van der Waals surface area contributed by atoms with E-state index < -0.39 is 17.7 Å². The molecule has 184 valence electrons. The normalized spacial score (nSPS) is 12.1. The topological polar surface area (TPSA) is 87.7 Å². The van der Waals surface area contributed by atoms with Crippen LogP contribution in [-0.4, -0.2) is 41.0 Å². The third-order valence-corrected chi connectivity index (χ3v) is 5.40. The number of aryl methyl sites for hydroxylation is 1. The summed E-state index contributed by atoms with van der Waals surface area (Å²) in [5.41, 5.74) is 3.01. The molecule has 0 heterocycles. The summed E-state index contributed by atoms with van der Waals surface area (Å²) in [6.45, 7) is 13.0. The molecule has 2 rings (SSSR count). The number of alkyl carbamates (subject to hydrolysis) is 1. The quantitative estimate of drug-likeness (QED) is 0.602. The first-order chi connectivity index (χ1) is 15.9. The first kappa shape index (κ1) is 26.9. The fraction of sp³-hybridized carbons (Fsp3) is 0.444. The molecule has 0 spiro atoms. The summed E-state index contributed by atoms with van der Waals surface area (Å²) in [5, 5.41) is 5.50. The molecule has 1 unspecified atom stereocenters. The van der Waals surface area contributed by atoms with Crippen LogP contribution in [0.15, 0.2) is 48.5 Å². The van der Waals surface area contributed by atoms with Crippen LogP contribution >= 0.6 is 0 Å². The molecule has 2 aromatic carbocycles. The van der Waals surface area contributed by atoms with Crippen molar-refractivity contribution in [3.63, 3.8) is 0 Å². The van der Waals surface area contributed by atoms with E-state index in [4.69, 9.17) is 4.74 Å². The number of benzene rings is 2. The van der Waals surface area contributed by atoms with E-state index in [2.05, 4.69) is 10.6 Å². The molecule has 34 heavy (non-hydrogen) atoms. The molecule has 3 amide bonds. The van der Waals surface area contributed by atoms with Crippen molar-refractivity contribution in [1.82, 2.24) is 15.5 Å². The van der Waals surface area contributed by atoms with Gasteiger partial charge in [-0.1, -0.05) is 48.5 Å². The zero-order valence-electron chi connectivity index (χ0n) is 21.3. The van der Waals surface area contributed by atoms with Crippen LogP contribution in [0.3, 0.4) is 0 Å². The van der Waals surface area contributed by atoms with Crippen molar-refractivity contribution in [3.05, 3.63) is 70.8 Å². The third kappa shape index (κ3) is 7.61. The van der Waals surface area contributed by atoms with Crippen molar-refractivity contribution >= 4 is 17.9 Å². The van der Waals surface area contributed by atoms with Crippen molar-refractivity contribution in [2.45, 2.75) is 72.7 Å². The number of rotatable bonds is 8. The highest BCUT2D eigenvalue weighted by atomic mass is 16.6. The van der Waals surface area contributed by atoms with E-state index in [1.165, 1.54) is 4.90 Å². The van der Waals surface area contributed by atoms with Gasteiger partial charge in [0.25, 0.3) is 0 Å². The Kier molecular flexibility index (Phi) is 9.24. The smallest absolute Gasteiger partial charge is 0.408 e. The lowest BCUT2D eigenvalue weighted by molar-refractivity contribution is -0.142. The van der Waals surface area contributed by atoms with E-state index in [1.54, 1.807) is 20.8 Å². The molecule has 0 aromatic heterocycles. The van der Waals surface area contributed by atoms with Gasteiger partial charge in [-0.25, -0.2) is 4.79 Å². The van der Waals surface area contributed by atoms with Crippen LogP contribution in [0.2, 0.25) is 0 Å². The molecule has 7 nitrogen and oxygen atoms in total. The van der Waals surface area contributed by atoms with Crippen molar-refractivity contribution < 1.29 is 19.1 Å². The second kappa shape index (κ2) is 11.7. The minimum atomic E-state index is -0.850. The Bertz CT molecular complexity index is 997. The standard InChI is InChI=1S/C27H37N3O4/c1-18(2)30(23(31)17-29-26(33)34-27(5,6)7)24(22-15-11-12-19(3)20(22)4)25(32)28-16-21-13-9-8-10-14-21/h8-15,18,24H,16-17H2,1-7H3,(H,28,32)(H,29,33). The van der Waals surface area contributed by atoms with Crippen molar-refractivity contribution in [2.24, 2.45) is 0 Å². The van der Waals surface area contributed by atoms with Crippen molar-refractivity contribution in [2.75, 3.05) is 6.54 Å². The molecule has 0 saturated heterocycles. The van der Waals surface area contributed by atoms with Gasteiger partial charge in [-0.15, -0.1) is 0 Å². The summed E-state index contributed by atoms with van der Waals surface area (Å²) < 4.78 is 5.24. The number of nitrogens with one attached hydrogen (secondary N) is 2. The zero-order chi connectivity index (χ0) is 25.5. The van der Waals surface area contributed by atoms with Crippen LogP contribution in [0, 0.1) is 13.8 Å². The number of nitrogens with zero attached hydrogens (tertiary/aromatic N) is 1. The molecule has 1 atom stereocenters. The Balaban J connectivity index is 2.33. The van der Waals surface area contributed by atoms with Crippen LogP contribution in [0.4, 0.5) is 4.79 Å². The fourth-order valence-electron chi connectivity index (χ4n) is 3.65. The predicted octanol–water partition coefficient (Wildman–Crippen LogP) is 4.42. The van der Waals surface area contributed by atoms with Crippen molar-refractivity contribution in [3.8, 4) is 0 Å². The van der Waals surface area contributed by atoms with E-state index in [1.807, 2.05) is 76.2 Å². The molecule has 0 fully saturated rings. The molecule has 0 bridgehead atoms. The third-order valence-electron chi connectivity index (χ3n) is 5.40. The minimum Gasteiger partial charge on any atom is -0.444 e. The number of hydrogen-bond acceptors (Lipinski definition) is 4. The summed E-state index contributed by atoms with van der Waals surface area (Å²) in [4.78, 5) is 40.5. The Morgan fingerprint density at radius 2 is 1.59 bits per heavy atom. The first-order valence-electron chi connectivity index (χ1n) is 11.6. The van der Waals surface area contributed by atoms with E-state index in [0.717, 1.165) is 22.3 Å². The number of hydrogen-bond donors (Lipinski definition) is 2. The highest BCUT2D eigenvalue weighted by Crippen LogP contribution is 2.28. The van der Waals surface area contributed by atoms with Gasteiger partial charge in [-0.3, -0.25) is 9.59 Å². The second-order valence-corrected chi connectivity index (χ2v) is 9.65. The van der Waals surface area contributed by atoms with Crippen LogP contribution in [0.25, 0.3) is 0 Å². The monoisotopic (exact) mass is 467 g/mol. The minimum absolute atomic E-state index is 0.277. The second-order valence-electron chi connectivity index (χ2n) is 9.65. The number of carbonyl (C=O) groups excluding carboxylic acids is 3. The van der Waals surface area contributed by atoms with Crippen molar-refractivity contribution in [1.29, 1.82) is 0 Å². The lowest BCUT2D eigenvalue weighted by atomic mass is 9.94. The van der Waals surface area contributed by atoms with E-state index >= 15 is 0 Å². The Hall–Kier alpha value is -3.35. The Morgan fingerprint density at radius 3 is 2.18 bits per heavy atom. The summed E-state index contributed by atoms with van der Waals surface area (Å²) in [5.74, 6) is -0.654. The maximum atomic E-state index is 13.5. The largest absolute Gasteiger partial charge is 0.444 e. The van der Waals surface area contributed by atoms with Crippen LogP contribution in [0.1, 0.15) is 62.9 Å². The van der Waals surface area contributed by atoms with Crippen LogP contribution in [0.5, 0.6) is 0 Å². The lowest BCUT2D eigenvalue weighted by Gasteiger charge is -2.35. The first-order valence-corrected chi connectivity index (χ1v) is 11.6. The predicted molar refractivity (Wildman–Crippen MR) is 133 cm³/mol. The van der Waals surface area contributed by atoms with E-state index in [9.17, 15) is 14.4 Å². The van der Waals surface area contributed by atoms with E-state index in [-0.39, 0.29) is 24.4 Å². The molecule has 2 N–H and O–H groups in total. The lowest BCUT2D eigenvalue weighted by Crippen LogP contribution is -2.50. The Labute approximate surface area is 202 Å². The maximum Gasteiger partial charge on any atom is 0.408 e. The van der Waals surface area contributed by atoms with Gasteiger partial charge >= 0.3 is 6.09 Å². The molecular formula is C27H37N3O4. The average molecular weight is 468 g/mol. The van der Waals surface area contributed by atoms with Gasteiger partial charge in [0.2, 0.25) is 11.8 Å². The van der Waals surface area contributed by atoms with Gasteiger partial charge < -0.3 is 20.3 Å². The highest BCUT2D eigenvalue weighted by molar-refractivity contribution is 5.91. The summed E-state index contributed by atoms with van der Waals surface area (Å²) >= 11 is 0. The number of carbonyl (C=O) groups is 3. The highest BCUT2D eigenvalue weighted by Gasteiger charge is 2.34. The van der Waals surface area contributed by atoms with Gasteiger partial charge in [-0.2, -0.15) is 0 Å². The molecule has 0 saturated carbocycles. The van der Waals surface area contributed by atoms with Gasteiger partial charge in [0, 0.05) is 12.6 Å². The molecule has 0 aliphatic heterocycles. The molecule has 7 heteroatoms. The van der Waals surface area contributed by atoms with Gasteiger partial charge in [0.05, 0.1) is 0 Å². The van der Waals surface area contributed by atoms with Gasteiger partial charge in [-0.05, 0) is 70.7 Å². The van der Waals surface area contributed by atoms with Crippen LogP contribution < -0.4 is 10.6 Å². The Morgan fingerprint density at radius 1 is 0.941 bits per heavy atom. The number of ether oxygens (including phenoxy) is 1. The molecular weight excluding hydrogens is 430 g/mol. The average Bonchev–Trinajstić information content (AvgIpc) is 2.75. The molecule has 2 aromatic rings. The fourth-order valence-corrected chi connectivity index (χ4v) is 3.65. The SMILES string of the molecule is Cc1cccc(C(C(=O)NCc2ccccc2)N(C(=O)CNC(=O)OC(C)(C)C)C(C)C)c1C. The zero-order valence-corrected chi connectivity index (χ0v) is 21.3.